The molecule has 0 heterocycles. The fourth-order valence-corrected chi connectivity index (χ4v) is 0. The van der Waals surface area contributed by atoms with Gasteiger partial charge < -0.3 is 0 Å². The third-order valence-corrected chi connectivity index (χ3v) is 0.203. The minimum Gasteiger partial charge on any atom is -0.285 e. The summed E-state index contributed by atoms with van der Waals surface area (Å²) in [6.07, 6.45) is 4.57. The van der Waals surface area contributed by atoms with Crippen LogP contribution >= 0.6 is 0 Å². The van der Waals surface area contributed by atoms with Crippen LogP contribution in [0.2, 0.25) is 0 Å². The summed E-state index contributed by atoms with van der Waals surface area (Å²) in [6.45, 7) is 1.35. The topological polar surface area (TPSA) is 17.1 Å². The van der Waals surface area contributed by atoms with E-state index in [1.165, 1.54) is 6.92 Å². The van der Waals surface area contributed by atoms with E-state index < -0.39 is 0 Å². The zero-order valence-corrected chi connectivity index (χ0v) is 2.99. The summed E-state index contributed by atoms with van der Waals surface area (Å²) in [4.78, 5) is 9.58. The lowest BCUT2D eigenvalue weighted by atomic mass is 10.5. The van der Waals surface area contributed by atoms with Crippen LogP contribution in [0, 0.1) is 12.3 Å². The molecule has 0 saturated heterocycles. The van der Waals surface area contributed by atoms with E-state index in [9.17, 15) is 4.79 Å². The van der Waals surface area contributed by atoms with Gasteiger partial charge in [-0.25, -0.2) is 0 Å². The van der Waals surface area contributed by atoms with Crippen molar-refractivity contribution < 1.29 is 6.22 Å². The van der Waals surface area contributed by atoms with E-state index in [4.69, 9.17) is 0 Å². The second kappa shape index (κ2) is 1.54. The first-order valence-electron chi connectivity index (χ1n) is 1.24. The average Bonchev–Trinajstić information content (AvgIpc) is 1.38. The van der Waals surface area contributed by atoms with E-state index in [1.807, 2.05) is 5.92 Å². The van der Waals surface area contributed by atoms with Gasteiger partial charge >= 0.3 is 0 Å². The number of hydrogen-bond donors (Lipinski definition) is 0. The van der Waals surface area contributed by atoms with Gasteiger partial charge in [0.25, 0.3) is 0 Å². The van der Waals surface area contributed by atoms with Crippen molar-refractivity contribution in [2.24, 2.45) is 0 Å². The fraction of sp³-hybridized carbons (Fsp3) is 0.250. The molecule has 0 aliphatic heterocycles. The van der Waals surface area contributed by atoms with E-state index in [2.05, 4.69) is 6.42 Å². The molecule has 0 atom stereocenters. The highest BCUT2D eigenvalue weighted by Gasteiger charge is 1.70. The van der Waals surface area contributed by atoms with Crippen molar-refractivity contribution in [1.82, 2.24) is 0 Å². The molecule has 0 amide bonds. The van der Waals surface area contributed by atoms with E-state index in [1.54, 1.807) is 0 Å². The summed E-state index contributed by atoms with van der Waals surface area (Å²) < 4.78 is 0. The van der Waals surface area contributed by atoms with E-state index in [-0.39, 0.29) is 7.21 Å². The number of carbonyl (C=O) groups is 1. The van der Waals surface area contributed by atoms with Crippen LogP contribution in [0.5, 0.6) is 0 Å². The molecule has 0 fully saturated rings. The van der Waals surface area contributed by atoms with Gasteiger partial charge in [0.1, 0.15) is 0 Å². The van der Waals surface area contributed by atoms with Gasteiger partial charge in [-0.1, -0.05) is 0 Å². The number of ketones is 1. The van der Waals surface area contributed by atoms with Gasteiger partial charge in [-0.05, 0) is 5.92 Å². The molecular formula is C4H5O. The summed E-state index contributed by atoms with van der Waals surface area (Å²) >= 11 is 0. The third-order valence-electron chi connectivity index (χ3n) is 0.203. The Balaban J connectivity index is 0. The van der Waals surface area contributed by atoms with Crippen LogP contribution in [0.15, 0.2) is 0 Å². The summed E-state index contributed by atoms with van der Waals surface area (Å²) in [6, 6.07) is 0. The summed E-state index contributed by atoms with van der Waals surface area (Å²) in [5.41, 5.74) is 0. The van der Waals surface area contributed by atoms with Crippen LogP contribution < -0.4 is 0 Å². The Kier molecular flexibility index (Phi) is 1.30. The second-order valence-corrected chi connectivity index (χ2v) is 0.701. The zero-order valence-electron chi connectivity index (χ0n) is 3.99. The van der Waals surface area contributed by atoms with Gasteiger partial charge in [0, 0.05) is 8.35 Å². The Hall–Kier alpha value is -0.770. The molecule has 0 unspecified atom stereocenters. The van der Waals surface area contributed by atoms with Gasteiger partial charge in [0.15, 0.2) is 0 Å². The molecule has 0 rings (SSSR count). The molecule has 0 aromatic heterocycles. The molecule has 27 valence electrons. The minimum absolute atomic E-state index is 0. The SMILES string of the molecule is C#CC(C)=O.[2H]. The average molecular weight is 70.1 g/mol. The van der Waals surface area contributed by atoms with Crippen LogP contribution in [0.4, 0.5) is 0 Å². The molecule has 1 heteroatoms. The molecule has 0 aliphatic carbocycles. The fourth-order valence-electron chi connectivity index (χ4n) is 0. The van der Waals surface area contributed by atoms with Gasteiger partial charge in [-0.15, -0.1) is 6.42 Å². The number of carbonyl (C=O) groups excluding carboxylic acids is 1. The predicted octanol–water partition coefficient (Wildman–Crippen LogP) is 0.321. The molecule has 0 saturated carbocycles. The van der Waals surface area contributed by atoms with Crippen molar-refractivity contribution in [2.45, 2.75) is 6.92 Å². The van der Waals surface area contributed by atoms with Crippen LogP contribution in [-0.4, -0.2) is 5.78 Å². The molecule has 0 aromatic rings. The number of rotatable bonds is 0. The maximum atomic E-state index is 9.58. The van der Waals surface area contributed by atoms with Crippen molar-refractivity contribution >= 4 is 5.78 Å². The molecule has 0 bridgehead atoms. The summed E-state index contributed by atoms with van der Waals surface area (Å²) in [5.74, 6) is 1.67. The zero-order chi connectivity index (χ0) is 4.28. The van der Waals surface area contributed by atoms with E-state index >= 15 is 0 Å². The van der Waals surface area contributed by atoms with Gasteiger partial charge in [0.2, 0.25) is 5.78 Å². The van der Waals surface area contributed by atoms with Gasteiger partial charge in [0.05, 0.1) is 0 Å². The first-order chi connectivity index (χ1) is 2.27. The Morgan fingerprint density at radius 2 is 2.40 bits per heavy atom. The van der Waals surface area contributed by atoms with E-state index in [0.717, 1.165) is 0 Å². The summed E-state index contributed by atoms with van der Waals surface area (Å²) in [5, 5.41) is 0. The molecule has 0 spiro atoms. The molecule has 0 aliphatic rings. The van der Waals surface area contributed by atoms with Crippen molar-refractivity contribution in [1.29, 1.82) is 0 Å². The molecule has 1 nitrogen and oxygen atoms in total. The molecule has 0 N–H and O–H groups in total. The maximum absolute atomic E-state index is 9.58. The lowest BCUT2D eigenvalue weighted by Crippen LogP contribution is -1.75. The van der Waals surface area contributed by atoms with Crippen molar-refractivity contribution in [3.05, 3.63) is 0 Å². The minimum atomic E-state index is -0.218. The molecule has 5 heavy (non-hydrogen) atoms. The standard InChI is InChI=1S/C4H4O.H/c1-3-4(2)5;/h1H,2H3;/i;1+1. The first kappa shape index (κ1) is 4.23. The van der Waals surface area contributed by atoms with Gasteiger partial charge in [-0.2, -0.15) is 0 Å². The molecule has 1 radical (unpaired) electrons. The largest absolute Gasteiger partial charge is 0.285 e. The lowest BCUT2D eigenvalue weighted by Gasteiger charge is -1.58. The number of hydrogen-bond acceptors (Lipinski definition) is 1. The maximum Gasteiger partial charge on any atom is 0.202 e. The second-order valence-electron chi connectivity index (χ2n) is 0.701. The Morgan fingerprint density at radius 1 is 2.20 bits per heavy atom. The normalized spacial score (nSPS) is 5.60. The first-order valence-corrected chi connectivity index (χ1v) is 1.24. The Morgan fingerprint density at radius 3 is 2.40 bits per heavy atom. The van der Waals surface area contributed by atoms with Crippen LogP contribution in [0.3, 0.4) is 0 Å². The third kappa shape index (κ3) is 3.23. The van der Waals surface area contributed by atoms with Crippen LogP contribution in [0.25, 0.3) is 0 Å². The quantitative estimate of drug-likeness (QED) is 0.296. The highest BCUT2D eigenvalue weighted by atomic mass is 16.1. The molecule has 0 aromatic carbocycles. The van der Waals surface area contributed by atoms with Crippen molar-refractivity contribution in [3.8, 4) is 12.3 Å². The highest BCUT2D eigenvalue weighted by Crippen LogP contribution is 1.52. The Labute approximate surface area is 32.5 Å². The van der Waals surface area contributed by atoms with Crippen molar-refractivity contribution in [3.63, 3.8) is 0 Å². The highest BCUT2D eigenvalue weighted by molar-refractivity contribution is 5.92. The van der Waals surface area contributed by atoms with Crippen LogP contribution in [0.1, 0.15) is 8.35 Å². The van der Waals surface area contributed by atoms with Gasteiger partial charge in [-0.3, -0.25) is 4.79 Å². The monoisotopic (exact) mass is 70.0 g/mol. The van der Waals surface area contributed by atoms with Crippen LogP contribution in [-0.2, 0) is 4.79 Å². The lowest BCUT2D eigenvalue weighted by molar-refractivity contribution is -0.111. The predicted molar refractivity (Wildman–Crippen MR) is 20.6 cm³/mol. The number of Topliss-reactive ketones (excluding diaryl/α,β-unsaturated/α-hetero) is 1. The van der Waals surface area contributed by atoms with Crippen molar-refractivity contribution in [2.75, 3.05) is 0 Å². The smallest absolute Gasteiger partial charge is 0.202 e. The summed E-state index contributed by atoms with van der Waals surface area (Å²) in [7, 11) is 0. The number of terminal acetylenes is 1. The van der Waals surface area contributed by atoms with E-state index in [0.29, 0.717) is 0 Å². The molecular weight excluding hydrogens is 64.0 g/mol. The Bertz CT molecular complexity index is 80.0.